The second-order valence-electron chi connectivity index (χ2n) is 6.66. The molecule has 0 spiro atoms. The van der Waals surface area contributed by atoms with E-state index in [1.165, 1.54) is 0 Å². The van der Waals surface area contributed by atoms with E-state index in [1.807, 2.05) is 25.1 Å². The van der Waals surface area contributed by atoms with Crippen molar-refractivity contribution in [1.29, 1.82) is 0 Å². The molecular weight excluding hydrogens is 386 g/mol. The summed E-state index contributed by atoms with van der Waals surface area (Å²) in [6, 6.07) is 7.38. The standard InChI is InChI=1S/C18H22BrN3O3/c1-11-9-14(13-10-12(19)5-6-15(13)22-11)16(23)20-7-8-21-17(24)25-18(2,3)4/h5-6,9-10H,7-8H2,1-4H3,(H,20,23)(H,21,24). The van der Waals surface area contributed by atoms with E-state index in [9.17, 15) is 9.59 Å². The third-order valence-corrected chi connectivity index (χ3v) is 3.72. The summed E-state index contributed by atoms with van der Waals surface area (Å²) in [5.41, 5.74) is 1.54. The highest BCUT2D eigenvalue weighted by atomic mass is 79.9. The van der Waals surface area contributed by atoms with Crippen molar-refractivity contribution in [2.24, 2.45) is 0 Å². The molecule has 1 aromatic heterocycles. The van der Waals surface area contributed by atoms with Gasteiger partial charge in [-0.3, -0.25) is 9.78 Å². The molecule has 0 bridgehead atoms. The van der Waals surface area contributed by atoms with Gasteiger partial charge >= 0.3 is 6.09 Å². The Kier molecular flexibility index (Phi) is 6.00. The lowest BCUT2D eigenvalue weighted by Gasteiger charge is -2.19. The minimum absolute atomic E-state index is 0.209. The normalized spacial score (nSPS) is 11.2. The van der Waals surface area contributed by atoms with Crippen LogP contribution in [0.2, 0.25) is 0 Å². The number of hydrogen-bond acceptors (Lipinski definition) is 4. The number of fused-ring (bicyclic) bond motifs is 1. The summed E-state index contributed by atoms with van der Waals surface area (Å²) in [5.74, 6) is -0.209. The lowest BCUT2D eigenvalue weighted by atomic mass is 10.1. The number of rotatable bonds is 4. The average molecular weight is 408 g/mol. The number of amides is 2. The number of aryl methyl sites for hydroxylation is 1. The molecular formula is C18H22BrN3O3. The van der Waals surface area contributed by atoms with E-state index in [0.717, 1.165) is 21.1 Å². The van der Waals surface area contributed by atoms with Crippen molar-refractivity contribution in [3.05, 3.63) is 40.0 Å². The Labute approximate surface area is 155 Å². The number of aromatic nitrogens is 1. The molecule has 25 heavy (non-hydrogen) atoms. The van der Waals surface area contributed by atoms with Gasteiger partial charge in [-0.25, -0.2) is 4.79 Å². The first-order valence-corrected chi connectivity index (χ1v) is 8.77. The van der Waals surface area contributed by atoms with E-state index in [-0.39, 0.29) is 12.5 Å². The van der Waals surface area contributed by atoms with Gasteiger partial charge in [0.1, 0.15) is 5.60 Å². The molecule has 7 heteroatoms. The van der Waals surface area contributed by atoms with Crippen molar-refractivity contribution in [2.45, 2.75) is 33.3 Å². The molecule has 0 radical (unpaired) electrons. The first kappa shape index (κ1) is 19.2. The van der Waals surface area contributed by atoms with Gasteiger partial charge in [-0.05, 0) is 52.0 Å². The molecule has 6 nitrogen and oxygen atoms in total. The smallest absolute Gasteiger partial charge is 0.407 e. The number of benzene rings is 1. The van der Waals surface area contributed by atoms with Gasteiger partial charge in [0, 0.05) is 28.6 Å². The molecule has 0 aliphatic carbocycles. The molecule has 134 valence electrons. The summed E-state index contributed by atoms with van der Waals surface area (Å²) >= 11 is 3.42. The molecule has 0 fully saturated rings. The maximum atomic E-state index is 12.5. The number of alkyl carbamates (subject to hydrolysis) is 1. The molecule has 0 saturated heterocycles. The third kappa shape index (κ3) is 5.70. The van der Waals surface area contributed by atoms with Crippen LogP contribution in [0.5, 0.6) is 0 Å². The van der Waals surface area contributed by atoms with Gasteiger partial charge < -0.3 is 15.4 Å². The molecule has 2 N–H and O–H groups in total. The fraction of sp³-hybridized carbons (Fsp3) is 0.389. The lowest BCUT2D eigenvalue weighted by molar-refractivity contribution is 0.0526. The largest absolute Gasteiger partial charge is 0.444 e. The minimum Gasteiger partial charge on any atom is -0.444 e. The first-order valence-electron chi connectivity index (χ1n) is 7.98. The van der Waals surface area contributed by atoms with Crippen LogP contribution in [0.3, 0.4) is 0 Å². The molecule has 2 amide bonds. The van der Waals surface area contributed by atoms with Crippen LogP contribution in [0.4, 0.5) is 4.79 Å². The Bertz CT molecular complexity index is 800. The van der Waals surface area contributed by atoms with E-state index in [0.29, 0.717) is 12.1 Å². The Morgan fingerprint density at radius 2 is 1.84 bits per heavy atom. The molecule has 0 atom stereocenters. The molecule has 0 unspecified atom stereocenters. The number of carbonyl (C=O) groups excluding carboxylic acids is 2. The van der Waals surface area contributed by atoms with Crippen molar-refractivity contribution in [3.8, 4) is 0 Å². The summed E-state index contributed by atoms with van der Waals surface area (Å²) in [5, 5.41) is 6.19. The van der Waals surface area contributed by atoms with Crippen molar-refractivity contribution in [1.82, 2.24) is 15.6 Å². The molecule has 0 aliphatic rings. The van der Waals surface area contributed by atoms with Gasteiger partial charge in [-0.15, -0.1) is 0 Å². The van der Waals surface area contributed by atoms with Crippen LogP contribution in [-0.2, 0) is 4.74 Å². The monoisotopic (exact) mass is 407 g/mol. The predicted octanol–water partition coefficient (Wildman–Crippen LogP) is 3.56. The SMILES string of the molecule is Cc1cc(C(=O)NCCNC(=O)OC(C)(C)C)c2cc(Br)ccc2n1. The number of pyridine rings is 1. The van der Waals surface area contributed by atoms with Crippen LogP contribution >= 0.6 is 15.9 Å². The molecule has 2 aromatic rings. The Morgan fingerprint density at radius 3 is 2.52 bits per heavy atom. The second-order valence-corrected chi connectivity index (χ2v) is 7.57. The molecule has 0 aliphatic heterocycles. The van der Waals surface area contributed by atoms with Crippen molar-refractivity contribution in [2.75, 3.05) is 13.1 Å². The zero-order valence-corrected chi connectivity index (χ0v) is 16.4. The van der Waals surface area contributed by atoms with E-state index < -0.39 is 11.7 Å². The fourth-order valence-electron chi connectivity index (χ4n) is 2.27. The highest BCUT2D eigenvalue weighted by Crippen LogP contribution is 2.22. The first-order chi connectivity index (χ1) is 11.7. The zero-order valence-electron chi connectivity index (χ0n) is 14.8. The van der Waals surface area contributed by atoms with Crippen molar-refractivity contribution in [3.63, 3.8) is 0 Å². The third-order valence-electron chi connectivity index (χ3n) is 3.22. The summed E-state index contributed by atoms with van der Waals surface area (Å²) < 4.78 is 6.02. The maximum Gasteiger partial charge on any atom is 0.407 e. The summed E-state index contributed by atoms with van der Waals surface area (Å²) in [7, 11) is 0. The Balaban J connectivity index is 1.99. The topological polar surface area (TPSA) is 80.3 Å². The van der Waals surface area contributed by atoms with Gasteiger partial charge in [0.25, 0.3) is 5.91 Å². The number of nitrogens with one attached hydrogen (secondary N) is 2. The minimum atomic E-state index is -0.547. The lowest BCUT2D eigenvalue weighted by Crippen LogP contribution is -2.37. The van der Waals surface area contributed by atoms with Crippen LogP contribution in [0.15, 0.2) is 28.7 Å². The van der Waals surface area contributed by atoms with Crippen LogP contribution < -0.4 is 10.6 Å². The summed E-state index contributed by atoms with van der Waals surface area (Å²) in [6.07, 6.45) is -0.504. The highest BCUT2D eigenvalue weighted by Gasteiger charge is 2.16. The summed E-state index contributed by atoms with van der Waals surface area (Å²) in [6.45, 7) is 7.82. The molecule has 2 rings (SSSR count). The van der Waals surface area contributed by atoms with Crippen LogP contribution in [0.25, 0.3) is 10.9 Å². The number of ether oxygens (including phenoxy) is 1. The van der Waals surface area contributed by atoms with Gasteiger partial charge in [0.15, 0.2) is 0 Å². The van der Waals surface area contributed by atoms with Gasteiger partial charge in [-0.1, -0.05) is 15.9 Å². The number of hydrogen-bond donors (Lipinski definition) is 2. The van der Waals surface area contributed by atoms with Crippen molar-refractivity contribution >= 4 is 38.8 Å². The van der Waals surface area contributed by atoms with E-state index in [2.05, 4.69) is 31.5 Å². The van der Waals surface area contributed by atoms with Gasteiger partial charge in [0.2, 0.25) is 0 Å². The summed E-state index contributed by atoms with van der Waals surface area (Å²) in [4.78, 5) is 28.5. The molecule has 1 aromatic carbocycles. The zero-order chi connectivity index (χ0) is 18.6. The Morgan fingerprint density at radius 1 is 1.16 bits per heavy atom. The Hall–Kier alpha value is -2.15. The van der Waals surface area contributed by atoms with Crippen LogP contribution in [-0.4, -0.2) is 35.7 Å². The van der Waals surface area contributed by atoms with E-state index in [4.69, 9.17) is 4.74 Å². The van der Waals surface area contributed by atoms with Crippen LogP contribution in [0, 0.1) is 6.92 Å². The molecule has 1 heterocycles. The number of halogens is 1. The van der Waals surface area contributed by atoms with E-state index in [1.54, 1.807) is 26.8 Å². The second kappa shape index (κ2) is 7.82. The maximum absolute atomic E-state index is 12.5. The van der Waals surface area contributed by atoms with Gasteiger partial charge in [-0.2, -0.15) is 0 Å². The number of carbonyl (C=O) groups is 2. The molecule has 0 saturated carbocycles. The predicted molar refractivity (Wildman–Crippen MR) is 101 cm³/mol. The van der Waals surface area contributed by atoms with Gasteiger partial charge in [0.05, 0.1) is 11.1 Å². The number of nitrogens with zero attached hydrogens (tertiary/aromatic N) is 1. The van der Waals surface area contributed by atoms with Crippen molar-refractivity contribution < 1.29 is 14.3 Å². The van der Waals surface area contributed by atoms with E-state index >= 15 is 0 Å². The average Bonchev–Trinajstić information content (AvgIpc) is 2.49. The van der Waals surface area contributed by atoms with Crippen LogP contribution in [0.1, 0.15) is 36.8 Å². The quantitative estimate of drug-likeness (QED) is 0.759. The highest BCUT2D eigenvalue weighted by molar-refractivity contribution is 9.10. The fourth-order valence-corrected chi connectivity index (χ4v) is 2.63.